The van der Waals surface area contributed by atoms with E-state index in [9.17, 15) is 16.8 Å². The first-order chi connectivity index (χ1) is 7.49. The molecule has 0 unspecified atom stereocenters. The molecule has 17 heavy (non-hydrogen) atoms. The normalized spacial score (nSPS) is 11.9. The summed E-state index contributed by atoms with van der Waals surface area (Å²) in [6.45, 7) is 0. The summed E-state index contributed by atoms with van der Waals surface area (Å²) in [5.41, 5.74) is 0. The Kier molecular flexibility index (Phi) is 7.67. The van der Waals surface area contributed by atoms with Crippen LogP contribution in [-0.2, 0) is 20.0 Å². The van der Waals surface area contributed by atoms with Crippen LogP contribution in [0.3, 0.4) is 0 Å². The molecule has 0 saturated heterocycles. The van der Waals surface area contributed by atoms with Gasteiger partial charge in [0.2, 0.25) is 20.0 Å². The Morgan fingerprint density at radius 1 is 0.882 bits per heavy atom. The largest absolute Gasteiger partial charge is 0.268 e. The zero-order valence-electron chi connectivity index (χ0n) is 8.49. The van der Waals surface area contributed by atoms with Gasteiger partial charge < -0.3 is 0 Å². The van der Waals surface area contributed by atoms with Gasteiger partial charge in [-0.2, -0.15) is 0 Å². The molecule has 0 aliphatic heterocycles. The lowest BCUT2D eigenvalue weighted by Gasteiger charge is -2.05. The van der Waals surface area contributed by atoms with E-state index in [-0.39, 0.29) is 8.64 Å². The van der Waals surface area contributed by atoms with Crippen molar-refractivity contribution in [1.29, 1.82) is 0 Å². The summed E-state index contributed by atoms with van der Waals surface area (Å²) in [4.78, 5) is 0. The number of nitrogens with one attached hydrogen (secondary N) is 2. The van der Waals surface area contributed by atoms with Gasteiger partial charge in [0.25, 0.3) is 0 Å². The fourth-order valence-corrected chi connectivity index (χ4v) is 7.27. The van der Waals surface area contributed by atoms with E-state index in [1.807, 2.05) is 0 Å². The number of thiocarbonyl (C=S) groups is 2. The van der Waals surface area contributed by atoms with E-state index in [2.05, 4.69) is 9.44 Å². The molecule has 13 heteroatoms. The Labute approximate surface area is 122 Å². The summed E-state index contributed by atoms with van der Waals surface area (Å²) < 4.78 is 47.4. The first-order valence-electron chi connectivity index (χ1n) is 3.54. The molecule has 0 rings (SSSR count). The zero-order valence-corrected chi connectivity index (χ0v) is 14.2. The highest BCUT2D eigenvalue weighted by molar-refractivity contribution is 9.15. The molecule has 0 bridgehead atoms. The molecule has 0 spiro atoms. The summed E-state index contributed by atoms with van der Waals surface area (Å²) in [7, 11) is -3.80. The van der Waals surface area contributed by atoms with E-state index in [0.717, 1.165) is 43.9 Å². The lowest BCUT2D eigenvalue weighted by Crippen LogP contribution is -2.25. The van der Waals surface area contributed by atoms with Crippen LogP contribution in [0, 0.1) is 0 Å². The average molecular weight is 373 g/mol. The van der Waals surface area contributed by atoms with Gasteiger partial charge in [-0.15, -0.1) is 0 Å². The maximum Gasteiger partial charge on any atom is 0.230 e. The molecule has 0 aromatic rings. The van der Waals surface area contributed by atoms with Gasteiger partial charge >= 0.3 is 0 Å². The van der Waals surface area contributed by atoms with Crippen molar-refractivity contribution in [3.63, 3.8) is 0 Å². The Morgan fingerprint density at radius 2 is 1.18 bits per heavy atom. The van der Waals surface area contributed by atoms with Crippen molar-refractivity contribution in [3.05, 3.63) is 0 Å². The van der Waals surface area contributed by atoms with Crippen LogP contribution in [0.4, 0.5) is 0 Å². The predicted octanol–water partition coefficient (Wildman–Crippen LogP) is 0.684. The quantitative estimate of drug-likeness (QED) is 0.546. The van der Waals surface area contributed by atoms with Gasteiger partial charge in [0.05, 0.1) is 12.5 Å². The van der Waals surface area contributed by atoms with Crippen molar-refractivity contribution in [1.82, 2.24) is 9.44 Å². The van der Waals surface area contributed by atoms with Gasteiger partial charge in [-0.05, 0) is 31.4 Å². The Hall–Kier alpha value is 0.730. The molecule has 6 nitrogen and oxygen atoms in total. The van der Waals surface area contributed by atoms with Crippen molar-refractivity contribution >= 4 is 84.5 Å². The topological polar surface area (TPSA) is 92.3 Å². The van der Waals surface area contributed by atoms with Gasteiger partial charge in [-0.1, -0.05) is 24.4 Å². The highest BCUT2D eigenvalue weighted by atomic mass is 33.5. The molecular weight excluding hydrogens is 365 g/mol. The first kappa shape index (κ1) is 17.7. The molecule has 2 N–H and O–H groups in total. The van der Waals surface area contributed by atoms with Crippen LogP contribution in [0.25, 0.3) is 0 Å². The molecule has 0 fully saturated rings. The van der Waals surface area contributed by atoms with Crippen LogP contribution in [-0.4, -0.2) is 38.0 Å². The Balaban J connectivity index is 3.93. The highest BCUT2D eigenvalue weighted by Gasteiger charge is 2.09. The fraction of sp³-hybridized carbons (Fsp3) is 0.500. The smallest absolute Gasteiger partial charge is 0.230 e. The third kappa shape index (κ3) is 13.0. The van der Waals surface area contributed by atoms with Crippen LogP contribution in [0.1, 0.15) is 0 Å². The van der Waals surface area contributed by atoms with E-state index >= 15 is 0 Å². The van der Waals surface area contributed by atoms with E-state index in [0.29, 0.717) is 0 Å². The van der Waals surface area contributed by atoms with Crippen LogP contribution in [0.2, 0.25) is 0 Å². The van der Waals surface area contributed by atoms with E-state index in [1.165, 1.54) is 0 Å². The Bertz CT molecular complexity index is 448. The van der Waals surface area contributed by atoms with Gasteiger partial charge in [-0.25, -0.2) is 16.8 Å². The highest BCUT2D eigenvalue weighted by Crippen LogP contribution is 2.35. The monoisotopic (exact) mass is 372 g/mol. The van der Waals surface area contributed by atoms with E-state index in [1.54, 1.807) is 0 Å². The van der Waals surface area contributed by atoms with Crippen molar-refractivity contribution in [2.75, 3.05) is 12.5 Å². The van der Waals surface area contributed by atoms with Crippen LogP contribution < -0.4 is 9.44 Å². The lowest BCUT2D eigenvalue weighted by molar-refractivity contribution is 0.597. The second-order valence-electron chi connectivity index (χ2n) is 2.56. The molecule has 0 aromatic heterocycles. The van der Waals surface area contributed by atoms with E-state index < -0.39 is 20.0 Å². The summed E-state index contributed by atoms with van der Waals surface area (Å²) >= 11 is 9.44. The summed E-state index contributed by atoms with van der Waals surface area (Å²) in [5.74, 6) is 0. The zero-order chi connectivity index (χ0) is 13.7. The maximum absolute atomic E-state index is 10.8. The van der Waals surface area contributed by atoms with Gasteiger partial charge in [0.1, 0.15) is 0 Å². The SMILES string of the molecule is CS(=O)(=O)NC(=S)SSSC(=S)NS(C)(=O)=O. The first-order valence-corrected chi connectivity index (χ1v) is 11.6. The third-order valence-corrected chi connectivity index (χ3v) is 7.04. The molecule has 0 saturated carbocycles. The minimum Gasteiger partial charge on any atom is -0.268 e. The molecule has 0 radical (unpaired) electrons. The standard InChI is InChI=1S/C4H8N2O4S7/c1-16(7,8)5-3(11)13-15-14-4(12)6-17(2,9)10/h1-2H3,(H,5,11)(H,6,12). The lowest BCUT2D eigenvalue weighted by atomic mass is 11.5. The molecule has 0 heterocycles. The number of sulfonamides is 2. The number of hydrogen-bond donors (Lipinski definition) is 2. The number of rotatable bonds is 4. The number of hydrogen-bond acceptors (Lipinski definition) is 9. The summed E-state index contributed by atoms with van der Waals surface area (Å²) in [5, 5.41) is 0. The van der Waals surface area contributed by atoms with Crippen molar-refractivity contribution in [2.24, 2.45) is 0 Å². The van der Waals surface area contributed by atoms with Crippen LogP contribution in [0.15, 0.2) is 0 Å². The van der Waals surface area contributed by atoms with Crippen molar-refractivity contribution in [2.45, 2.75) is 0 Å². The van der Waals surface area contributed by atoms with Gasteiger partial charge in [-0.3, -0.25) is 9.44 Å². The molecule has 0 amide bonds. The van der Waals surface area contributed by atoms with Crippen LogP contribution >= 0.6 is 55.8 Å². The molecule has 100 valence electrons. The van der Waals surface area contributed by atoms with Crippen molar-refractivity contribution in [3.8, 4) is 0 Å². The van der Waals surface area contributed by atoms with Gasteiger partial charge in [0, 0.05) is 0 Å². The average Bonchev–Trinajstić information content (AvgIpc) is 1.95. The summed E-state index contributed by atoms with van der Waals surface area (Å²) in [6, 6.07) is 0. The minimum absolute atomic E-state index is 0.0483. The third-order valence-electron chi connectivity index (χ3n) is 0.757. The van der Waals surface area contributed by atoms with Crippen LogP contribution in [0.5, 0.6) is 0 Å². The molecule has 0 aliphatic carbocycles. The fourth-order valence-electron chi connectivity index (χ4n) is 0.416. The maximum atomic E-state index is 10.8. The second-order valence-corrected chi connectivity index (χ2v) is 11.3. The molecular formula is C4H8N2O4S7. The van der Waals surface area contributed by atoms with Gasteiger partial charge in [0.15, 0.2) is 8.64 Å². The predicted molar refractivity (Wildman–Crippen MR) is 83.9 cm³/mol. The Morgan fingerprint density at radius 3 is 1.41 bits per heavy atom. The minimum atomic E-state index is -3.38. The molecule has 0 atom stereocenters. The van der Waals surface area contributed by atoms with Crippen molar-refractivity contribution < 1.29 is 16.8 Å². The summed E-state index contributed by atoms with van der Waals surface area (Å²) in [6.07, 6.45) is 1.96. The molecule has 0 aliphatic rings. The van der Waals surface area contributed by atoms with E-state index in [4.69, 9.17) is 24.4 Å². The second kappa shape index (κ2) is 7.35. The molecule has 0 aromatic carbocycles.